The molecule has 0 aromatic carbocycles. The van der Waals surface area contributed by atoms with E-state index in [0.29, 0.717) is 6.04 Å². The van der Waals surface area contributed by atoms with Gasteiger partial charge in [0.2, 0.25) is 0 Å². The van der Waals surface area contributed by atoms with E-state index in [2.05, 4.69) is 19.2 Å². The van der Waals surface area contributed by atoms with Crippen molar-refractivity contribution in [1.29, 1.82) is 0 Å². The van der Waals surface area contributed by atoms with Gasteiger partial charge in [0, 0.05) is 19.2 Å². The molecule has 0 radical (unpaired) electrons. The Morgan fingerprint density at radius 3 is 2.67 bits per heavy atom. The highest BCUT2D eigenvalue weighted by molar-refractivity contribution is 4.81. The fourth-order valence-corrected chi connectivity index (χ4v) is 2.63. The molecule has 1 aliphatic carbocycles. The summed E-state index contributed by atoms with van der Waals surface area (Å²) in [7, 11) is 1.80. The molecule has 0 aromatic rings. The van der Waals surface area contributed by atoms with Crippen LogP contribution in [-0.2, 0) is 4.74 Å². The molecule has 1 N–H and O–H groups in total. The molecule has 1 fully saturated rings. The third kappa shape index (κ3) is 4.52. The second-order valence-corrected chi connectivity index (χ2v) is 4.98. The van der Waals surface area contributed by atoms with Crippen LogP contribution in [0.5, 0.6) is 0 Å². The highest BCUT2D eigenvalue weighted by Crippen LogP contribution is 2.24. The lowest BCUT2D eigenvalue weighted by Gasteiger charge is -2.33. The molecule has 1 saturated carbocycles. The number of methoxy groups -OCH3 is 1. The van der Waals surface area contributed by atoms with Gasteiger partial charge in [-0.2, -0.15) is 0 Å². The van der Waals surface area contributed by atoms with E-state index in [1.54, 1.807) is 7.11 Å². The number of nitrogens with one attached hydrogen (secondary N) is 1. The second-order valence-electron chi connectivity index (χ2n) is 4.98. The first-order chi connectivity index (χ1) is 7.27. The number of hydrogen-bond acceptors (Lipinski definition) is 2. The molecule has 1 aliphatic rings. The lowest BCUT2D eigenvalue weighted by molar-refractivity contribution is 0.142. The van der Waals surface area contributed by atoms with E-state index in [-0.39, 0.29) is 0 Å². The van der Waals surface area contributed by atoms with Gasteiger partial charge in [-0.15, -0.1) is 0 Å². The van der Waals surface area contributed by atoms with Gasteiger partial charge in [0.25, 0.3) is 0 Å². The fraction of sp³-hybridized carbons (Fsp3) is 1.00. The minimum atomic E-state index is 0.561. The molecule has 1 rings (SSSR count). The first-order valence-electron chi connectivity index (χ1n) is 6.53. The Balaban J connectivity index is 2.33. The Morgan fingerprint density at radius 2 is 2.07 bits per heavy atom. The molecule has 0 bridgehead atoms. The number of hydrogen-bond donors (Lipinski definition) is 1. The zero-order chi connectivity index (χ0) is 11.1. The topological polar surface area (TPSA) is 21.3 Å². The normalized spacial score (nSPS) is 29.0. The van der Waals surface area contributed by atoms with Crippen molar-refractivity contribution in [2.24, 2.45) is 5.92 Å². The van der Waals surface area contributed by atoms with Gasteiger partial charge < -0.3 is 10.1 Å². The zero-order valence-electron chi connectivity index (χ0n) is 10.6. The first-order valence-corrected chi connectivity index (χ1v) is 6.53. The maximum atomic E-state index is 5.27. The van der Waals surface area contributed by atoms with Crippen LogP contribution in [-0.4, -0.2) is 25.8 Å². The third-order valence-electron chi connectivity index (χ3n) is 3.57. The van der Waals surface area contributed by atoms with Crippen LogP contribution >= 0.6 is 0 Å². The van der Waals surface area contributed by atoms with Gasteiger partial charge in [-0.1, -0.05) is 33.1 Å². The van der Waals surface area contributed by atoms with Crippen LogP contribution in [0.1, 0.15) is 52.4 Å². The maximum Gasteiger partial charge on any atom is 0.0615 e. The van der Waals surface area contributed by atoms with Gasteiger partial charge >= 0.3 is 0 Å². The summed E-state index contributed by atoms with van der Waals surface area (Å²) >= 11 is 0. The predicted octanol–water partition coefficient (Wildman–Crippen LogP) is 2.97. The molecule has 0 amide bonds. The molecule has 3 unspecified atom stereocenters. The first kappa shape index (κ1) is 13.0. The zero-order valence-corrected chi connectivity index (χ0v) is 10.6. The van der Waals surface area contributed by atoms with E-state index >= 15 is 0 Å². The van der Waals surface area contributed by atoms with Crippen LogP contribution in [0.2, 0.25) is 0 Å². The molecule has 15 heavy (non-hydrogen) atoms. The van der Waals surface area contributed by atoms with E-state index in [1.807, 2.05) is 0 Å². The summed E-state index contributed by atoms with van der Waals surface area (Å²) in [6.45, 7) is 5.48. The van der Waals surface area contributed by atoms with Gasteiger partial charge in [-0.05, 0) is 25.2 Å². The maximum absolute atomic E-state index is 5.27. The summed E-state index contributed by atoms with van der Waals surface area (Å²) in [4.78, 5) is 0. The van der Waals surface area contributed by atoms with Gasteiger partial charge in [-0.25, -0.2) is 0 Å². The SMILES string of the molecule is CCCC(COC)NC1CCCCC1C. The van der Waals surface area contributed by atoms with E-state index in [9.17, 15) is 0 Å². The molecule has 2 heteroatoms. The van der Waals surface area contributed by atoms with Gasteiger partial charge in [0.1, 0.15) is 0 Å². The molecule has 2 nitrogen and oxygen atoms in total. The van der Waals surface area contributed by atoms with Crippen molar-refractivity contribution in [3.63, 3.8) is 0 Å². The summed E-state index contributed by atoms with van der Waals surface area (Å²) in [5, 5.41) is 3.78. The van der Waals surface area contributed by atoms with E-state index in [0.717, 1.165) is 18.6 Å². The van der Waals surface area contributed by atoms with Crippen molar-refractivity contribution in [3.05, 3.63) is 0 Å². The Kier molecular flexibility index (Phi) is 6.26. The van der Waals surface area contributed by atoms with Crippen molar-refractivity contribution < 1.29 is 4.74 Å². The fourth-order valence-electron chi connectivity index (χ4n) is 2.63. The molecule has 3 atom stereocenters. The molecular weight excluding hydrogens is 186 g/mol. The largest absolute Gasteiger partial charge is 0.383 e. The van der Waals surface area contributed by atoms with E-state index in [1.165, 1.54) is 38.5 Å². The van der Waals surface area contributed by atoms with Crippen molar-refractivity contribution in [2.45, 2.75) is 64.5 Å². The van der Waals surface area contributed by atoms with Crippen LogP contribution in [0, 0.1) is 5.92 Å². The van der Waals surface area contributed by atoms with Crippen LogP contribution < -0.4 is 5.32 Å². The molecule has 90 valence electrons. The molecule has 0 aromatic heterocycles. The summed E-state index contributed by atoms with van der Waals surface area (Å²) in [5.74, 6) is 0.843. The molecule has 0 saturated heterocycles. The average Bonchev–Trinajstić information content (AvgIpc) is 2.22. The van der Waals surface area contributed by atoms with Gasteiger partial charge in [0.05, 0.1) is 6.61 Å². The average molecular weight is 213 g/mol. The number of ether oxygens (including phenoxy) is 1. The van der Waals surface area contributed by atoms with Crippen LogP contribution in [0.4, 0.5) is 0 Å². The van der Waals surface area contributed by atoms with Crippen LogP contribution in [0.25, 0.3) is 0 Å². The Hall–Kier alpha value is -0.0800. The summed E-state index contributed by atoms with van der Waals surface area (Å²) in [5.41, 5.74) is 0. The van der Waals surface area contributed by atoms with Crippen LogP contribution in [0.15, 0.2) is 0 Å². The van der Waals surface area contributed by atoms with Crippen molar-refractivity contribution in [2.75, 3.05) is 13.7 Å². The van der Waals surface area contributed by atoms with Crippen molar-refractivity contribution in [3.8, 4) is 0 Å². The van der Waals surface area contributed by atoms with Crippen molar-refractivity contribution >= 4 is 0 Å². The quantitative estimate of drug-likeness (QED) is 0.732. The smallest absolute Gasteiger partial charge is 0.0615 e. The Labute approximate surface area is 94.8 Å². The number of rotatable bonds is 6. The highest BCUT2D eigenvalue weighted by atomic mass is 16.5. The summed E-state index contributed by atoms with van der Waals surface area (Å²) in [6.07, 6.45) is 8.03. The molecule has 0 heterocycles. The summed E-state index contributed by atoms with van der Waals surface area (Å²) in [6, 6.07) is 1.29. The molecule has 0 aliphatic heterocycles. The van der Waals surface area contributed by atoms with Crippen LogP contribution in [0.3, 0.4) is 0 Å². The monoisotopic (exact) mass is 213 g/mol. The third-order valence-corrected chi connectivity index (χ3v) is 3.57. The lowest BCUT2D eigenvalue weighted by atomic mass is 9.85. The van der Waals surface area contributed by atoms with Gasteiger partial charge in [-0.3, -0.25) is 0 Å². The minimum absolute atomic E-state index is 0.561. The van der Waals surface area contributed by atoms with E-state index < -0.39 is 0 Å². The van der Waals surface area contributed by atoms with Crippen molar-refractivity contribution in [1.82, 2.24) is 5.32 Å². The molecular formula is C13H27NO. The Morgan fingerprint density at radius 1 is 1.33 bits per heavy atom. The summed E-state index contributed by atoms with van der Waals surface area (Å²) < 4.78 is 5.27. The van der Waals surface area contributed by atoms with E-state index in [4.69, 9.17) is 4.74 Å². The predicted molar refractivity (Wildman–Crippen MR) is 65.1 cm³/mol. The Bertz CT molecular complexity index is 155. The minimum Gasteiger partial charge on any atom is -0.383 e. The standard InChI is InChI=1S/C13H27NO/c1-4-7-12(10-15-3)14-13-9-6-5-8-11(13)2/h11-14H,4-10H2,1-3H3. The lowest BCUT2D eigenvalue weighted by Crippen LogP contribution is -2.45. The molecule has 0 spiro atoms. The van der Waals surface area contributed by atoms with Gasteiger partial charge in [0.15, 0.2) is 0 Å². The highest BCUT2D eigenvalue weighted by Gasteiger charge is 2.23. The second kappa shape index (κ2) is 7.24.